The molecule has 1 amide bonds. The Kier molecular flexibility index (Phi) is 8.76. The summed E-state index contributed by atoms with van der Waals surface area (Å²) in [4.78, 5) is 33.5. The van der Waals surface area contributed by atoms with Gasteiger partial charge in [-0.2, -0.15) is 0 Å². The molecule has 0 aliphatic carbocycles. The smallest absolute Gasteiger partial charge is 0.220 e. The minimum Gasteiger partial charge on any atom is -0.349 e. The molecule has 1 N–H and O–H groups in total. The van der Waals surface area contributed by atoms with Crippen molar-refractivity contribution >= 4 is 28.6 Å². The van der Waals surface area contributed by atoms with E-state index < -0.39 is 0 Å². The Labute approximate surface area is 107 Å². The quantitative estimate of drug-likeness (QED) is 0.675. The van der Waals surface area contributed by atoms with Crippen LogP contribution >= 0.6 is 11.8 Å². The molecular formula is C12H21NO3S. The topological polar surface area (TPSA) is 63.2 Å². The van der Waals surface area contributed by atoms with E-state index in [0.29, 0.717) is 19.3 Å². The number of Topliss-reactive ketones (excluding diaryl/α,β-unsaturated/α-hetero) is 1. The van der Waals surface area contributed by atoms with Gasteiger partial charge in [-0.1, -0.05) is 25.6 Å². The van der Waals surface area contributed by atoms with Crippen LogP contribution in [0, 0.1) is 5.92 Å². The summed E-state index contributed by atoms with van der Waals surface area (Å²) in [5.41, 5.74) is 0. The molecule has 0 unspecified atom stereocenters. The lowest BCUT2D eigenvalue weighted by Crippen LogP contribution is -2.31. The highest BCUT2D eigenvalue weighted by molar-refractivity contribution is 8.13. The normalized spacial score (nSPS) is 10.4. The highest BCUT2D eigenvalue weighted by Crippen LogP contribution is 2.06. The van der Waals surface area contributed by atoms with Gasteiger partial charge in [0.15, 0.2) is 10.9 Å². The molecule has 0 aliphatic rings. The van der Waals surface area contributed by atoms with Crippen LogP contribution in [0.2, 0.25) is 0 Å². The largest absolute Gasteiger partial charge is 0.349 e. The van der Waals surface area contributed by atoms with Gasteiger partial charge in [0.25, 0.3) is 0 Å². The van der Waals surface area contributed by atoms with Gasteiger partial charge in [-0.05, 0) is 19.1 Å². The fraction of sp³-hybridized carbons (Fsp3) is 0.750. The van der Waals surface area contributed by atoms with Gasteiger partial charge in [0.1, 0.15) is 0 Å². The van der Waals surface area contributed by atoms with Crippen molar-refractivity contribution in [2.45, 2.75) is 39.5 Å². The lowest BCUT2D eigenvalue weighted by molar-refractivity contribution is -0.126. The van der Waals surface area contributed by atoms with Crippen LogP contribution < -0.4 is 5.32 Å². The van der Waals surface area contributed by atoms with Crippen molar-refractivity contribution in [2.24, 2.45) is 5.92 Å². The van der Waals surface area contributed by atoms with E-state index in [1.807, 2.05) is 13.8 Å². The Bertz CT molecular complexity index is 277. The summed E-state index contributed by atoms with van der Waals surface area (Å²) in [7, 11) is 0. The SMILES string of the molecule is CSC(=O)CCCCC(=O)NCC(=O)C(C)C. The van der Waals surface area contributed by atoms with E-state index in [1.165, 1.54) is 11.8 Å². The van der Waals surface area contributed by atoms with Gasteiger partial charge >= 0.3 is 0 Å². The molecule has 4 nitrogen and oxygen atoms in total. The lowest BCUT2D eigenvalue weighted by Gasteiger charge is -2.06. The van der Waals surface area contributed by atoms with Crippen LogP contribution in [-0.2, 0) is 14.4 Å². The number of nitrogens with one attached hydrogen (secondary N) is 1. The molecule has 0 radical (unpaired) electrons. The van der Waals surface area contributed by atoms with Crippen molar-refractivity contribution in [3.63, 3.8) is 0 Å². The number of thioether (sulfide) groups is 1. The number of hydrogen-bond acceptors (Lipinski definition) is 4. The average Bonchev–Trinajstić information content (AvgIpc) is 2.30. The van der Waals surface area contributed by atoms with Gasteiger partial charge in [-0.25, -0.2) is 0 Å². The third kappa shape index (κ3) is 8.92. The van der Waals surface area contributed by atoms with E-state index in [9.17, 15) is 14.4 Å². The predicted molar refractivity (Wildman–Crippen MR) is 69.8 cm³/mol. The lowest BCUT2D eigenvalue weighted by atomic mass is 10.1. The summed E-state index contributed by atoms with van der Waals surface area (Å²) >= 11 is 1.22. The van der Waals surface area contributed by atoms with Crippen molar-refractivity contribution in [1.29, 1.82) is 0 Å². The molecule has 0 spiro atoms. The first kappa shape index (κ1) is 16.2. The maximum atomic E-state index is 11.3. The minimum absolute atomic E-state index is 0.0379. The van der Waals surface area contributed by atoms with Gasteiger partial charge < -0.3 is 5.32 Å². The Morgan fingerprint density at radius 3 is 2.24 bits per heavy atom. The highest BCUT2D eigenvalue weighted by Gasteiger charge is 2.09. The fourth-order valence-corrected chi connectivity index (χ4v) is 1.48. The van der Waals surface area contributed by atoms with E-state index in [2.05, 4.69) is 5.32 Å². The van der Waals surface area contributed by atoms with Gasteiger partial charge in [-0.3, -0.25) is 14.4 Å². The van der Waals surface area contributed by atoms with Gasteiger partial charge in [0.05, 0.1) is 6.54 Å². The number of carbonyl (C=O) groups is 3. The van der Waals surface area contributed by atoms with Crippen molar-refractivity contribution in [3.05, 3.63) is 0 Å². The highest BCUT2D eigenvalue weighted by atomic mass is 32.2. The van der Waals surface area contributed by atoms with Crippen molar-refractivity contribution in [2.75, 3.05) is 12.8 Å². The maximum absolute atomic E-state index is 11.3. The van der Waals surface area contributed by atoms with Crippen molar-refractivity contribution in [1.82, 2.24) is 5.32 Å². The standard InChI is InChI=1S/C12H21NO3S/c1-9(2)10(14)8-13-11(15)6-4-5-7-12(16)17-3/h9H,4-8H2,1-3H3,(H,13,15). The molecule has 0 saturated heterocycles. The molecule has 98 valence electrons. The maximum Gasteiger partial charge on any atom is 0.220 e. The molecule has 0 fully saturated rings. The Morgan fingerprint density at radius 1 is 1.12 bits per heavy atom. The molecule has 0 aromatic heterocycles. The molecular weight excluding hydrogens is 238 g/mol. The van der Waals surface area contributed by atoms with Crippen LogP contribution in [-0.4, -0.2) is 29.6 Å². The summed E-state index contributed by atoms with van der Waals surface area (Å²) in [5.74, 6) is -0.124. The number of rotatable bonds is 8. The van der Waals surface area contributed by atoms with Gasteiger partial charge in [0.2, 0.25) is 5.91 Å². The summed E-state index contributed by atoms with van der Waals surface area (Å²) in [6.07, 6.45) is 4.07. The molecule has 0 rings (SSSR count). The van der Waals surface area contributed by atoms with E-state index in [4.69, 9.17) is 0 Å². The molecule has 0 heterocycles. The van der Waals surface area contributed by atoms with Crippen molar-refractivity contribution < 1.29 is 14.4 Å². The number of unbranched alkanes of at least 4 members (excludes halogenated alkanes) is 1. The Hall–Kier alpha value is -0.840. The molecule has 0 saturated carbocycles. The Morgan fingerprint density at radius 2 is 1.71 bits per heavy atom. The second-order valence-corrected chi connectivity index (χ2v) is 5.04. The summed E-state index contributed by atoms with van der Waals surface area (Å²) in [5, 5.41) is 2.74. The van der Waals surface area contributed by atoms with Crippen LogP contribution in [0.3, 0.4) is 0 Å². The van der Waals surface area contributed by atoms with Crippen LogP contribution in [0.4, 0.5) is 0 Å². The molecule has 0 bridgehead atoms. The fourth-order valence-electron chi connectivity index (χ4n) is 1.14. The minimum atomic E-state index is -0.115. The number of ketones is 1. The third-order valence-electron chi connectivity index (χ3n) is 2.37. The molecule has 0 aliphatic heterocycles. The summed E-state index contributed by atoms with van der Waals surface area (Å²) in [6, 6.07) is 0. The summed E-state index contributed by atoms with van der Waals surface area (Å²) in [6.45, 7) is 3.73. The number of hydrogen-bond donors (Lipinski definition) is 1. The zero-order valence-electron chi connectivity index (χ0n) is 10.7. The molecule has 0 aromatic carbocycles. The summed E-state index contributed by atoms with van der Waals surface area (Å²) < 4.78 is 0. The molecule has 0 atom stereocenters. The van der Waals surface area contributed by atoms with Crippen LogP contribution in [0.15, 0.2) is 0 Å². The second kappa shape index (κ2) is 9.22. The zero-order valence-corrected chi connectivity index (χ0v) is 11.6. The first-order valence-corrected chi connectivity index (χ1v) is 7.06. The van der Waals surface area contributed by atoms with Gasteiger partial charge in [-0.15, -0.1) is 0 Å². The number of amides is 1. The van der Waals surface area contributed by atoms with Crippen LogP contribution in [0.5, 0.6) is 0 Å². The second-order valence-electron chi connectivity index (χ2n) is 4.18. The van der Waals surface area contributed by atoms with E-state index in [0.717, 1.165) is 6.42 Å². The third-order valence-corrected chi connectivity index (χ3v) is 3.03. The molecule has 0 aromatic rings. The van der Waals surface area contributed by atoms with Crippen molar-refractivity contribution in [3.8, 4) is 0 Å². The first-order valence-electron chi connectivity index (χ1n) is 5.83. The molecule has 5 heteroatoms. The zero-order chi connectivity index (χ0) is 13.3. The van der Waals surface area contributed by atoms with Crippen LogP contribution in [0.1, 0.15) is 39.5 Å². The Balaban J connectivity index is 3.54. The number of carbonyl (C=O) groups excluding carboxylic acids is 3. The van der Waals surface area contributed by atoms with E-state index in [1.54, 1.807) is 6.26 Å². The van der Waals surface area contributed by atoms with E-state index >= 15 is 0 Å². The molecule has 17 heavy (non-hydrogen) atoms. The van der Waals surface area contributed by atoms with Crippen LogP contribution in [0.25, 0.3) is 0 Å². The average molecular weight is 259 g/mol. The van der Waals surface area contributed by atoms with Gasteiger partial charge in [0, 0.05) is 18.8 Å². The monoisotopic (exact) mass is 259 g/mol. The predicted octanol–water partition coefficient (Wildman–Crippen LogP) is 1.78. The van der Waals surface area contributed by atoms with E-state index in [-0.39, 0.29) is 29.3 Å². The first-order chi connectivity index (χ1) is 7.97.